The molecule has 1 aromatic rings. The van der Waals surface area contributed by atoms with Crippen LogP contribution in [0.5, 0.6) is 0 Å². The van der Waals surface area contributed by atoms with Crippen LogP contribution in [0.4, 0.5) is 0 Å². The number of rotatable bonds is 12. The van der Waals surface area contributed by atoms with E-state index in [1.54, 1.807) is 0 Å². The maximum Gasteiger partial charge on any atom is 0.191 e. The van der Waals surface area contributed by atoms with Crippen molar-refractivity contribution in [2.75, 3.05) is 46.6 Å². The molecule has 0 radical (unpaired) electrons. The van der Waals surface area contributed by atoms with Gasteiger partial charge in [0.2, 0.25) is 0 Å². The molecule has 2 unspecified atom stereocenters. The fraction of sp³-hybridized carbons (Fsp3) is 0.682. The van der Waals surface area contributed by atoms with Gasteiger partial charge < -0.3 is 20.1 Å². The lowest BCUT2D eigenvalue weighted by Crippen LogP contribution is -2.45. The van der Waals surface area contributed by atoms with Crippen molar-refractivity contribution in [1.29, 1.82) is 0 Å². The molecule has 0 spiro atoms. The van der Waals surface area contributed by atoms with Gasteiger partial charge in [0, 0.05) is 45.4 Å². The molecule has 0 aliphatic carbocycles. The first-order chi connectivity index (χ1) is 13.7. The zero-order valence-electron chi connectivity index (χ0n) is 18.2. The van der Waals surface area contributed by atoms with Crippen LogP contribution in [0.3, 0.4) is 0 Å². The first kappa shape index (κ1) is 26.1. The number of halogens is 1. The fourth-order valence-corrected chi connectivity index (χ4v) is 3.44. The average molecular weight is 518 g/mol. The van der Waals surface area contributed by atoms with Crippen LogP contribution in [0.15, 0.2) is 35.3 Å². The Bertz CT molecular complexity index is 559. The van der Waals surface area contributed by atoms with Gasteiger partial charge >= 0.3 is 0 Å². The lowest BCUT2D eigenvalue weighted by Gasteiger charge is -2.21. The van der Waals surface area contributed by atoms with E-state index in [9.17, 15) is 0 Å². The molecule has 6 nitrogen and oxygen atoms in total. The largest absolute Gasteiger partial charge is 0.379 e. The standard InChI is InChI=1S/C22H38N4O2.HI/c1-4-5-12-27-14-15-28-13-11-24-22(23-3)25-21-16-19(2)26(18-21)17-20-9-7-6-8-10-20;/h6-10,19,21H,4-5,11-18H2,1-3H3,(H2,23,24,25);1H. The number of ether oxygens (including phenoxy) is 2. The lowest BCUT2D eigenvalue weighted by molar-refractivity contribution is 0.0487. The Kier molecular flexibility index (Phi) is 14.3. The van der Waals surface area contributed by atoms with E-state index in [4.69, 9.17) is 9.47 Å². The van der Waals surface area contributed by atoms with Gasteiger partial charge in [-0.1, -0.05) is 43.7 Å². The van der Waals surface area contributed by atoms with Crippen LogP contribution >= 0.6 is 24.0 Å². The maximum absolute atomic E-state index is 5.60. The Labute approximate surface area is 193 Å². The monoisotopic (exact) mass is 518 g/mol. The maximum atomic E-state index is 5.60. The van der Waals surface area contributed by atoms with Gasteiger partial charge in [-0.25, -0.2) is 0 Å². The van der Waals surface area contributed by atoms with Gasteiger partial charge in [0.15, 0.2) is 5.96 Å². The molecule has 0 saturated carbocycles. The minimum Gasteiger partial charge on any atom is -0.379 e. The van der Waals surface area contributed by atoms with E-state index < -0.39 is 0 Å². The van der Waals surface area contributed by atoms with Crippen molar-refractivity contribution in [3.8, 4) is 0 Å². The second-order valence-corrected chi connectivity index (χ2v) is 7.42. The highest BCUT2D eigenvalue weighted by molar-refractivity contribution is 14.0. The molecular weight excluding hydrogens is 479 g/mol. The van der Waals surface area contributed by atoms with Gasteiger partial charge in [0.1, 0.15) is 0 Å². The van der Waals surface area contributed by atoms with E-state index in [0.717, 1.165) is 45.0 Å². The lowest BCUT2D eigenvalue weighted by atomic mass is 10.2. The second-order valence-electron chi connectivity index (χ2n) is 7.42. The Morgan fingerprint density at radius 3 is 2.55 bits per heavy atom. The minimum absolute atomic E-state index is 0. The summed E-state index contributed by atoms with van der Waals surface area (Å²) in [5, 5.41) is 6.90. The third-order valence-electron chi connectivity index (χ3n) is 5.05. The quantitative estimate of drug-likeness (QED) is 0.193. The summed E-state index contributed by atoms with van der Waals surface area (Å²) in [5.74, 6) is 0.849. The van der Waals surface area contributed by atoms with E-state index >= 15 is 0 Å². The molecule has 1 heterocycles. The van der Waals surface area contributed by atoms with Gasteiger partial charge in [-0.05, 0) is 25.3 Å². The third-order valence-corrected chi connectivity index (χ3v) is 5.05. The number of hydrogen-bond donors (Lipinski definition) is 2. The van der Waals surface area contributed by atoms with Crippen molar-refractivity contribution in [2.45, 2.75) is 51.7 Å². The van der Waals surface area contributed by atoms with Gasteiger partial charge in [-0.3, -0.25) is 9.89 Å². The zero-order valence-corrected chi connectivity index (χ0v) is 20.6. The summed E-state index contributed by atoms with van der Waals surface area (Å²) in [7, 11) is 1.82. The number of guanidine groups is 1. The van der Waals surface area contributed by atoms with E-state index in [1.807, 2.05) is 7.05 Å². The van der Waals surface area contributed by atoms with Crippen LogP contribution in [0.25, 0.3) is 0 Å². The molecule has 1 fully saturated rings. The van der Waals surface area contributed by atoms with Crippen molar-refractivity contribution < 1.29 is 9.47 Å². The predicted octanol–water partition coefficient (Wildman–Crippen LogP) is 3.27. The Morgan fingerprint density at radius 1 is 1.14 bits per heavy atom. The summed E-state index contributed by atoms with van der Waals surface area (Å²) in [5.41, 5.74) is 1.37. The van der Waals surface area contributed by atoms with E-state index in [1.165, 1.54) is 12.0 Å². The van der Waals surface area contributed by atoms with Gasteiger partial charge in [0.05, 0.1) is 19.8 Å². The van der Waals surface area contributed by atoms with Crippen LogP contribution in [0.1, 0.15) is 38.7 Å². The Balaban J connectivity index is 0.00000420. The molecule has 1 aliphatic heterocycles. The summed E-state index contributed by atoms with van der Waals surface area (Å²) in [4.78, 5) is 6.88. The number of unbranched alkanes of at least 4 members (excludes halogenated alkanes) is 1. The smallest absolute Gasteiger partial charge is 0.191 e. The Hall–Kier alpha value is -0.900. The van der Waals surface area contributed by atoms with Crippen molar-refractivity contribution in [2.24, 2.45) is 4.99 Å². The van der Waals surface area contributed by atoms with E-state index in [-0.39, 0.29) is 24.0 Å². The van der Waals surface area contributed by atoms with Crippen LogP contribution in [-0.2, 0) is 16.0 Å². The van der Waals surface area contributed by atoms with Crippen molar-refractivity contribution in [3.63, 3.8) is 0 Å². The van der Waals surface area contributed by atoms with Crippen molar-refractivity contribution in [1.82, 2.24) is 15.5 Å². The third kappa shape index (κ3) is 10.6. The molecule has 0 amide bonds. The number of benzene rings is 1. The number of aliphatic imine (C=N–C) groups is 1. The predicted molar refractivity (Wildman–Crippen MR) is 131 cm³/mol. The number of nitrogens with one attached hydrogen (secondary N) is 2. The SMILES string of the molecule is CCCCOCCOCCNC(=NC)NC1CC(C)N(Cc2ccccc2)C1.I. The molecule has 1 aromatic carbocycles. The van der Waals surface area contributed by atoms with Gasteiger partial charge in [-0.15, -0.1) is 24.0 Å². The van der Waals surface area contributed by atoms with Gasteiger partial charge in [-0.2, -0.15) is 0 Å². The molecular formula is C22H39IN4O2. The normalized spacial score (nSPS) is 19.8. The molecule has 166 valence electrons. The average Bonchev–Trinajstić information content (AvgIpc) is 3.05. The number of hydrogen-bond acceptors (Lipinski definition) is 4. The highest BCUT2D eigenvalue weighted by Gasteiger charge is 2.29. The number of likely N-dealkylation sites (tertiary alicyclic amines) is 1. The summed E-state index contributed by atoms with van der Waals surface area (Å²) >= 11 is 0. The van der Waals surface area contributed by atoms with Crippen LogP contribution in [0, 0.1) is 0 Å². The molecule has 2 rings (SSSR count). The highest BCUT2D eigenvalue weighted by Crippen LogP contribution is 2.20. The molecule has 2 N–H and O–H groups in total. The zero-order chi connectivity index (χ0) is 20.0. The summed E-state index contributed by atoms with van der Waals surface area (Å²) in [6.07, 6.45) is 3.41. The Morgan fingerprint density at radius 2 is 1.86 bits per heavy atom. The topological polar surface area (TPSA) is 58.1 Å². The molecule has 1 saturated heterocycles. The van der Waals surface area contributed by atoms with Crippen LogP contribution in [-0.4, -0.2) is 69.5 Å². The molecule has 1 aliphatic rings. The first-order valence-electron chi connectivity index (χ1n) is 10.6. The highest BCUT2D eigenvalue weighted by atomic mass is 127. The minimum atomic E-state index is 0. The molecule has 2 atom stereocenters. The molecule has 0 aromatic heterocycles. The van der Waals surface area contributed by atoms with Crippen molar-refractivity contribution in [3.05, 3.63) is 35.9 Å². The molecule has 7 heteroatoms. The molecule has 0 bridgehead atoms. The fourth-order valence-electron chi connectivity index (χ4n) is 3.44. The summed E-state index contributed by atoms with van der Waals surface area (Å²) in [6, 6.07) is 11.7. The van der Waals surface area contributed by atoms with Crippen LogP contribution in [0.2, 0.25) is 0 Å². The second kappa shape index (κ2) is 15.9. The van der Waals surface area contributed by atoms with Crippen molar-refractivity contribution >= 4 is 29.9 Å². The summed E-state index contributed by atoms with van der Waals surface area (Å²) < 4.78 is 11.1. The summed E-state index contributed by atoms with van der Waals surface area (Å²) in [6.45, 7) is 10.0. The van der Waals surface area contributed by atoms with E-state index in [0.29, 0.717) is 31.9 Å². The van der Waals surface area contributed by atoms with Crippen LogP contribution < -0.4 is 10.6 Å². The molecule has 29 heavy (non-hydrogen) atoms. The number of nitrogens with zero attached hydrogens (tertiary/aromatic N) is 2. The first-order valence-corrected chi connectivity index (χ1v) is 10.6. The van der Waals surface area contributed by atoms with Gasteiger partial charge in [0.25, 0.3) is 0 Å². The van der Waals surface area contributed by atoms with E-state index in [2.05, 4.69) is 64.7 Å².